The van der Waals surface area contributed by atoms with E-state index < -0.39 is 0 Å². The zero-order valence-electron chi connectivity index (χ0n) is 8.53. The molecule has 3 rings (SSSR count). The Morgan fingerprint density at radius 1 is 1.38 bits per heavy atom. The van der Waals surface area contributed by atoms with Crippen molar-refractivity contribution in [1.82, 2.24) is 4.98 Å². The molecule has 2 aromatic heterocycles. The lowest BCUT2D eigenvalue weighted by atomic mass is 10.2. The molecule has 0 bridgehead atoms. The highest BCUT2D eigenvalue weighted by Crippen LogP contribution is 2.32. The van der Waals surface area contributed by atoms with Crippen molar-refractivity contribution in [3.8, 4) is 10.8 Å². The number of benzene rings is 1. The number of aryl methyl sites for hydroxylation is 1. The smallest absolute Gasteiger partial charge is 0.164 e. The first-order valence-corrected chi connectivity index (χ1v) is 6.52. The van der Waals surface area contributed by atoms with Gasteiger partial charge < -0.3 is 4.42 Å². The zero-order valence-corrected chi connectivity index (χ0v) is 10.9. The molecule has 0 amide bonds. The lowest BCUT2D eigenvalue weighted by Crippen LogP contribution is -1.70. The van der Waals surface area contributed by atoms with Crippen LogP contribution in [0.25, 0.3) is 21.7 Å². The summed E-state index contributed by atoms with van der Waals surface area (Å²) in [6.45, 7) is 2.05. The van der Waals surface area contributed by atoms with Crippen molar-refractivity contribution in [2.24, 2.45) is 0 Å². The van der Waals surface area contributed by atoms with Crippen LogP contribution >= 0.6 is 27.3 Å². The van der Waals surface area contributed by atoms with Gasteiger partial charge in [0.1, 0.15) is 10.2 Å². The number of halogens is 1. The van der Waals surface area contributed by atoms with Gasteiger partial charge in [0.2, 0.25) is 0 Å². The highest BCUT2D eigenvalue weighted by atomic mass is 79.9. The molecular formula is C12H8BrNOS. The summed E-state index contributed by atoms with van der Waals surface area (Å²) in [7, 11) is 0. The number of furan rings is 1. The Morgan fingerprint density at radius 3 is 2.94 bits per heavy atom. The second kappa shape index (κ2) is 3.71. The van der Waals surface area contributed by atoms with Crippen molar-refractivity contribution < 1.29 is 4.42 Å². The summed E-state index contributed by atoms with van der Waals surface area (Å²) in [4.78, 5) is 4.35. The SMILES string of the molecule is Cc1cccc2cc(-c3nc(Br)cs3)oc12. The van der Waals surface area contributed by atoms with E-state index in [0.29, 0.717) is 0 Å². The van der Waals surface area contributed by atoms with Crippen molar-refractivity contribution >= 4 is 38.2 Å². The van der Waals surface area contributed by atoms with Crippen LogP contribution in [-0.2, 0) is 0 Å². The lowest BCUT2D eigenvalue weighted by molar-refractivity contribution is 0.628. The first-order chi connectivity index (χ1) is 7.74. The fraction of sp³-hybridized carbons (Fsp3) is 0.0833. The van der Waals surface area contributed by atoms with Gasteiger partial charge in [-0.05, 0) is 34.5 Å². The molecule has 16 heavy (non-hydrogen) atoms. The van der Waals surface area contributed by atoms with Crippen LogP contribution in [0.4, 0.5) is 0 Å². The van der Waals surface area contributed by atoms with Crippen molar-refractivity contribution in [2.45, 2.75) is 6.92 Å². The summed E-state index contributed by atoms with van der Waals surface area (Å²) in [5.41, 5.74) is 2.10. The minimum absolute atomic E-state index is 0.833. The molecule has 0 aliphatic rings. The molecule has 0 saturated heterocycles. The lowest BCUT2D eigenvalue weighted by Gasteiger charge is -1.91. The normalized spacial score (nSPS) is 11.1. The maximum Gasteiger partial charge on any atom is 0.164 e. The Bertz CT molecular complexity index is 656. The maximum atomic E-state index is 5.83. The molecule has 0 spiro atoms. The van der Waals surface area contributed by atoms with Crippen LogP contribution in [0, 0.1) is 6.92 Å². The topological polar surface area (TPSA) is 26.0 Å². The third-order valence-corrected chi connectivity index (χ3v) is 3.99. The Labute approximate surface area is 105 Å². The highest BCUT2D eigenvalue weighted by Gasteiger charge is 2.10. The molecule has 2 nitrogen and oxygen atoms in total. The molecule has 0 aliphatic carbocycles. The number of para-hydroxylation sites is 1. The maximum absolute atomic E-state index is 5.83. The van der Waals surface area contributed by atoms with Crippen molar-refractivity contribution in [1.29, 1.82) is 0 Å². The third-order valence-electron chi connectivity index (χ3n) is 2.43. The van der Waals surface area contributed by atoms with Gasteiger partial charge in [0.15, 0.2) is 10.8 Å². The van der Waals surface area contributed by atoms with Crippen molar-refractivity contribution in [3.05, 3.63) is 39.8 Å². The molecule has 3 aromatic rings. The van der Waals surface area contributed by atoms with E-state index in [4.69, 9.17) is 4.42 Å². The number of rotatable bonds is 1. The van der Waals surface area contributed by atoms with E-state index in [2.05, 4.69) is 27.0 Å². The fourth-order valence-corrected chi connectivity index (χ4v) is 2.89. The van der Waals surface area contributed by atoms with Gasteiger partial charge in [0, 0.05) is 10.8 Å². The third kappa shape index (κ3) is 1.58. The molecule has 0 aliphatic heterocycles. The molecule has 0 N–H and O–H groups in total. The van der Waals surface area contributed by atoms with E-state index in [0.717, 1.165) is 31.9 Å². The van der Waals surface area contributed by atoms with Gasteiger partial charge in [-0.15, -0.1) is 11.3 Å². The number of fused-ring (bicyclic) bond motifs is 1. The van der Waals surface area contributed by atoms with Crippen LogP contribution < -0.4 is 0 Å². The molecule has 0 atom stereocenters. The minimum atomic E-state index is 0.833. The summed E-state index contributed by atoms with van der Waals surface area (Å²) < 4.78 is 6.68. The molecular weight excluding hydrogens is 286 g/mol. The van der Waals surface area contributed by atoms with Gasteiger partial charge in [-0.2, -0.15) is 0 Å². The van der Waals surface area contributed by atoms with Crippen LogP contribution in [0.3, 0.4) is 0 Å². The molecule has 1 aromatic carbocycles. The number of thiazole rings is 1. The fourth-order valence-electron chi connectivity index (χ4n) is 1.68. The molecule has 0 saturated carbocycles. The largest absolute Gasteiger partial charge is 0.453 e. The minimum Gasteiger partial charge on any atom is -0.453 e. The van der Waals surface area contributed by atoms with E-state index in [1.54, 1.807) is 11.3 Å². The summed E-state index contributed by atoms with van der Waals surface area (Å²) >= 11 is 4.92. The Hall–Kier alpha value is -1.13. The molecule has 2 heterocycles. The second-order valence-corrected chi connectivity index (χ2v) is 5.25. The standard InChI is InChI=1S/C12H8BrNOS/c1-7-3-2-4-8-5-9(15-11(7)8)12-14-10(13)6-16-12/h2-6H,1H3. The van der Waals surface area contributed by atoms with Crippen LogP contribution in [0.15, 0.2) is 38.7 Å². The van der Waals surface area contributed by atoms with E-state index >= 15 is 0 Å². The Morgan fingerprint density at radius 2 is 2.25 bits per heavy atom. The van der Waals surface area contributed by atoms with Gasteiger partial charge in [0.25, 0.3) is 0 Å². The summed E-state index contributed by atoms with van der Waals surface area (Å²) in [6.07, 6.45) is 0. The number of hydrogen-bond acceptors (Lipinski definition) is 3. The van der Waals surface area contributed by atoms with Crippen LogP contribution in [0.1, 0.15) is 5.56 Å². The molecule has 80 valence electrons. The second-order valence-electron chi connectivity index (χ2n) is 3.58. The average molecular weight is 294 g/mol. The zero-order chi connectivity index (χ0) is 11.1. The number of aromatic nitrogens is 1. The molecule has 4 heteroatoms. The first-order valence-electron chi connectivity index (χ1n) is 4.84. The van der Waals surface area contributed by atoms with E-state index in [1.165, 1.54) is 0 Å². The van der Waals surface area contributed by atoms with Gasteiger partial charge in [0.05, 0.1) is 0 Å². The predicted octanol–water partition coefficient (Wildman–Crippen LogP) is 4.63. The van der Waals surface area contributed by atoms with Crippen LogP contribution in [0.2, 0.25) is 0 Å². The molecule has 0 unspecified atom stereocenters. The average Bonchev–Trinajstić information content (AvgIpc) is 2.84. The van der Waals surface area contributed by atoms with Gasteiger partial charge in [-0.1, -0.05) is 18.2 Å². The first kappa shape index (κ1) is 10.1. The highest BCUT2D eigenvalue weighted by molar-refractivity contribution is 9.10. The van der Waals surface area contributed by atoms with Gasteiger partial charge in [-0.25, -0.2) is 4.98 Å². The van der Waals surface area contributed by atoms with Crippen molar-refractivity contribution in [2.75, 3.05) is 0 Å². The van der Waals surface area contributed by atoms with Crippen LogP contribution in [0.5, 0.6) is 0 Å². The van der Waals surface area contributed by atoms with Crippen molar-refractivity contribution in [3.63, 3.8) is 0 Å². The monoisotopic (exact) mass is 293 g/mol. The Balaban J connectivity index is 2.22. The summed E-state index contributed by atoms with van der Waals surface area (Å²) in [5.74, 6) is 0.833. The summed E-state index contributed by atoms with van der Waals surface area (Å²) in [6, 6.07) is 8.17. The quantitative estimate of drug-likeness (QED) is 0.654. The van der Waals surface area contributed by atoms with E-state index in [1.807, 2.05) is 30.5 Å². The Kier molecular flexibility index (Phi) is 2.33. The van der Waals surface area contributed by atoms with E-state index in [-0.39, 0.29) is 0 Å². The van der Waals surface area contributed by atoms with E-state index in [9.17, 15) is 0 Å². The number of hydrogen-bond donors (Lipinski definition) is 0. The van der Waals surface area contributed by atoms with Crippen LogP contribution in [-0.4, -0.2) is 4.98 Å². The number of nitrogens with zero attached hydrogens (tertiary/aromatic N) is 1. The predicted molar refractivity (Wildman–Crippen MR) is 69.8 cm³/mol. The molecule has 0 fully saturated rings. The van der Waals surface area contributed by atoms with Gasteiger partial charge in [-0.3, -0.25) is 0 Å². The summed E-state index contributed by atoms with van der Waals surface area (Å²) in [5, 5.41) is 3.99. The molecule has 0 radical (unpaired) electrons. The van der Waals surface area contributed by atoms with Gasteiger partial charge >= 0.3 is 0 Å².